The first kappa shape index (κ1) is 3.72. The van der Waals surface area contributed by atoms with E-state index in [0.29, 0.717) is 0 Å². The molecule has 0 aromatic carbocycles. The predicted molar refractivity (Wildman–Crippen MR) is 26.4 cm³/mol. The molecule has 6 heavy (non-hydrogen) atoms. The minimum absolute atomic E-state index is 0.780. The molecule has 0 aromatic rings. The second-order valence-corrected chi connectivity index (χ2v) is 1.73. The summed E-state index contributed by atoms with van der Waals surface area (Å²) in [7, 11) is 0. The summed E-state index contributed by atoms with van der Waals surface area (Å²) in [4.78, 5) is 2.18. The summed E-state index contributed by atoms with van der Waals surface area (Å²) in [6.07, 6.45) is 1.88. The van der Waals surface area contributed by atoms with Gasteiger partial charge in [0.25, 0.3) is 0 Å². The zero-order chi connectivity index (χ0) is 4.57. The Bertz CT molecular complexity index is 68.3. The highest BCUT2D eigenvalue weighted by atomic mass is 15.3. The fraction of sp³-hybridized carbons (Fsp3) is 0.600. The van der Waals surface area contributed by atoms with Crippen molar-refractivity contribution in [1.82, 2.24) is 4.90 Å². The summed E-state index contributed by atoms with van der Waals surface area (Å²) in [6.45, 7) is 6.99. The maximum absolute atomic E-state index is 3.60. The van der Waals surface area contributed by atoms with Crippen LogP contribution in [0.5, 0.6) is 0 Å². The fourth-order valence-corrected chi connectivity index (χ4v) is 0.512. The minimum atomic E-state index is 0.780. The molecular formula is C5H9N. The van der Waals surface area contributed by atoms with E-state index < -0.39 is 0 Å². The third-order valence-electron chi connectivity index (χ3n) is 1.14. The van der Waals surface area contributed by atoms with E-state index in [0.717, 1.165) is 6.04 Å². The van der Waals surface area contributed by atoms with Crippen LogP contribution in [0.1, 0.15) is 6.92 Å². The normalized spacial score (nSPS) is 30.2. The Balaban J connectivity index is 2.25. The molecule has 34 valence electrons. The van der Waals surface area contributed by atoms with Crippen LogP contribution in [0.4, 0.5) is 0 Å². The Morgan fingerprint density at radius 2 is 2.50 bits per heavy atom. The molecular weight excluding hydrogens is 74.1 g/mol. The van der Waals surface area contributed by atoms with Crippen LogP contribution in [0.2, 0.25) is 0 Å². The highest BCUT2D eigenvalue weighted by molar-refractivity contribution is 4.91. The van der Waals surface area contributed by atoms with Gasteiger partial charge in [-0.05, 0) is 13.1 Å². The molecule has 1 rings (SSSR count). The minimum Gasteiger partial charge on any atom is -0.371 e. The number of hydrogen-bond acceptors (Lipinski definition) is 1. The van der Waals surface area contributed by atoms with Gasteiger partial charge >= 0.3 is 0 Å². The van der Waals surface area contributed by atoms with Crippen LogP contribution < -0.4 is 0 Å². The molecule has 1 heterocycles. The quantitative estimate of drug-likeness (QED) is 0.424. The van der Waals surface area contributed by atoms with Crippen molar-refractivity contribution >= 4 is 0 Å². The molecule has 1 saturated heterocycles. The molecule has 1 heteroatoms. The van der Waals surface area contributed by atoms with E-state index in [4.69, 9.17) is 0 Å². The van der Waals surface area contributed by atoms with Crippen LogP contribution >= 0.6 is 0 Å². The van der Waals surface area contributed by atoms with E-state index in [1.165, 1.54) is 6.54 Å². The van der Waals surface area contributed by atoms with Gasteiger partial charge in [0.1, 0.15) is 0 Å². The van der Waals surface area contributed by atoms with Gasteiger partial charge in [0, 0.05) is 12.6 Å². The van der Waals surface area contributed by atoms with Crippen molar-refractivity contribution in [1.29, 1.82) is 0 Å². The van der Waals surface area contributed by atoms with Crippen LogP contribution in [0.15, 0.2) is 12.8 Å². The molecule has 0 aromatic heterocycles. The molecule has 0 amide bonds. The second kappa shape index (κ2) is 1.00. The average Bonchev–Trinajstić information content (AvgIpc) is 2.19. The summed E-state index contributed by atoms with van der Waals surface area (Å²) >= 11 is 0. The first-order valence-corrected chi connectivity index (χ1v) is 2.23. The van der Waals surface area contributed by atoms with E-state index in [9.17, 15) is 0 Å². The van der Waals surface area contributed by atoms with Gasteiger partial charge in [-0.2, -0.15) is 0 Å². The summed E-state index contributed by atoms with van der Waals surface area (Å²) in [5.41, 5.74) is 0. The van der Waals surface area contributed by atoms with Crippen molar-refractivity contribution < 1.29 is 0 Å². The van der Waals surface area contributed by atoms with Crippen LogP contribution in [0.3, 0.4) is 0 Å². The van der Waals surface area contributed by atoms with Crippen molar-refractivity contribution in [3.63, 3.8) is 0 Å². The van der Waals surface area contributed by atoms with Crippen molar-refractivity contribution in [3.05, 3.63) is 12.8 Å². The van der Waals surface area contributed by atoms with Crippen molar-refractivity contribution in [2.45, 2.75) is 13.0 Å². The van der Waals surface area contributed by atoms with Gasteiger partial charge in [-0.15, -0.1) is 0 Å². The van der Waals surface area contributed by atoms with Crippen LogP contribution in [-0.2, 0) is 0 Å². The highest BCUT2D eigenvalue weighted by Crippen LogP contribution is 2.14. The average molecular weight is 83.1 g/mol. The summed E-state index contributed by atoms with van der Waals surface area (Å²) < 4.78 is 0. The van der Waals surface area contributed by atoms with E-state index in [-0.39, 0.29) is 0 Å². The SMILES string of the molecule is C=CN1C[C@@H]1C. The van der Waals surface area contributed by atoms with Crippen molar-refractivity contribution in [2.24, 2.45) is 0 Å². The lowest BCUT2D eigenvalue weighted by molar-refractivity contribution is 0.705. The topological polar surface area (TPSA) is 3.01 Å². The van der Waals surface area contributed by atoms with E-state index in [1.54, 1.807) is 0 Å². The summed E-state index contributed by atoms with van der Waals surface area (Å²) in [6, 6.07) is 0.780. The molecule has 1 nitrogen and oxygen atoms in total. The maximum Gasteiger partial charge on any atom is 0.0432 e. The molecule has 1 fully saturated rings. The molecule has 0 spiro atoms. The second-order valence-electron chi connectivity index (χ2n) is 1.73. The molecule has 0 saturated carbocycles. The molecule has 0 aliphatic carbocycles. The molecule has 1 aliphatic heterocycles. The van der Waals surface area contributed by atoms with E-state index >= 15 is 0 Å². The van der Waals surface area contributed by atoms with E-state index in [1.807, 2.05) is 6.20 Å². The summed E-state index contributed by atoms with van der Waals surface area (Å²) in [5.74, 6) is 0. The molecule has 0 N–H and O–H groups in total. The van der Waals surface area contributed by atoms with Gasteiger partial charge in [-0.1, -0.05) is 6.58 Å². The zero-order valence-corrected chi connectivity index (χ0v) is 4.02. The van der Waals surface area contributed by atoms with Crippen molar-refractivity contribution in [3.8, 4) is 0 Å². The third kappa shape index (κ3) is 0.402. The lowest BCUT2D eigenvalue weighted by Gasteiger charge is -1.83. The first-order valence-electron chi connectivity index (χ1n) is 2.23. The number of rotatable bonds is 1. The Morgan fingerprint density at radius 1 is 2.00 bits per heavy atom. The highest BCUT2D eigenvalue weighted by Gasteiger charge is 2.23. The lowest BCUT2D eigenvalue weighted by Crippen LogP contribution is -1.82. The van der Waals surface area contributed by atoms with Crippen LogP contribution in [0.25, 0.3) is 0 Å². The zero-order valence-electron chi connectivity index (χ0n) is 4.02. The fourth-order valence-electron chi connectivity index (χ4n) is 0.512. The molecule has 1 aliphatic rings. The number of hydrogen-bond donors (Lipinski definition) is 0. The lowest BCUT2D eigenvalue weighted by atomic mass is 10.6. The van der Waals surface area contributed by atoms with Crippen molar-refractivity contribution in [2.75, 3.05) is 6.54 Å². The Morgan fingerprint density at radius 3 is 2.50 bits per heavy atom. The largest absolute Gasteiger partial charge is 0.371 e. The standard InChI is InChI=1S/C5H9N/c1-3-6-4-5(6)2/h3,5H,1,4H2,2H3/t5-,6?/m0/s1. The maximum atomic E-state index is 3.60. The van der Waals surface area contributed by atoms with Crippen LogP contribution in [-0.4, -0.2) is 17.5 Å². The Labute approximate surface area is 38.3 Å². The predicted octanol–water partition coefficient (Wildman–Crippen LogP) is 0.834. The van der Waals surface area contributed by atoms with Gasteiger partial charge in [0.15, 0.2) is 0 Å². The monoisotopic (exact) mass is 83.1 g/mol. The van der Waals surface area contributed by atoms with E-state index in [2.05, 4.69) is 18.4 Å². The van der Waals surface area contributed by atoms with Gasteiger partial charge in [-0.25, -0.2) is 0 Å². The van der Waals surface area contributed by atoms with Gasteiger partial charge in [-0.3, -0.25) is 0 Å². The summed E-state index contributed by atoms with van der Waals surface area (Å²) in [5, 5.41) is 0. The molecule has 1 atom stereocenters. The van der Waals surface area contributed by atoms with Gasteiger partial charge in [0.2, 0.25) is 0 Å². The van der Waals surface area contributed by atoms with Gasteiger partial charge < -0.3 is 4.90 Å². The molecule has 0 radical (unpaired) electrons. The first-order chi connectivity index (χ1) is 2.84. The Hall–Kier alpha value is -0.460. The molecule has 0 bridgehead atoms. The molecule has 0 unspecified atom stereocenters. The Kier molecular flexibility index (Phi) is 0.621. The van der Waals surface area contributed by atoms with Gasteiger partial charge in [0.05, 0.1) is 0 Å². The number of nitrogens with zero attached hydrogens (tertiary/aromatic N) is 1. The van der Waals surface area contributed by atoms with Crippen LogP contribution in [0, 0.1) is 0 Å². The third-order valence-corrected chi connectivity index (χ3v) is 1.14. The smallest absolute Gasteiger partial charge is 0.0432 e.